The Kier molecular flexibility index (Phi) is 6.06. The zero-order chi connectivity index (χ0) is 19.3. The van der Waals surface area contributed by atoms with Gasteiger partial charge in [0, 0.05) is 17.7 Å². The molecule has 1 unspecified atom stereocenters. The number of nitro groups is 1. The van der Waals surface area contributed by atoms with E-state index in [1.807, 2.05) is 0 Å². The van der Waals surface area contributed by atoms with Crippen molar-refractivity contribution in [1.82, 2.24) is 5.32 Å². The summed E-state index contributed by atoms with van der Waals surface area (Å²) in [5, 5.41) is 16.8. The maximum atomic E-state index is 12.5. The highest BCUT2D eigenvalue weighted by Gasteiger charge is 2.23. The number of hydrogen-bond donors (Lipinski definition) is 2. The molecule has 0 spiro atoms. The van der Waals surface area contributed by atoms with Gasteiger partial charge in [0.25, 0.3) is 11.6 Å². The molecule has 7 nitrogen and oxygen atoms in total. The van der Waals surface area contributed by atoms with Gasteiger partial charge in [0.05, 0.1) is 11.0 Å². The lowest BCUT2D eigenvalue weighted by molar-refractivity contribution is -0.385. The molecular weight excluding hydrogens is 334 g/mol. The van der Waals surface area contributed by atoms with Crippen LogP contribution in [0.5, 0.6) is 0 Å². The summed E-state index contributed by atoms with van der Waals surface area (Å²) in [6.07, 6.45) is 0.392. The first-order valence-corrected chi connectivity index (χ1v) is 8.28. The SMILES string of the molecule is CCC(=O)Nc1ccc(C(C)NC(=O)c2cccc(C)c2[N+](=O)[O-])cc1. The van der Waals surface area contributed by atoms with Gasteiger partial charge in [0.1, 0.15) is 5.56 Å². The van der Waals surface area contributed by atoms with Crippen LogP contribution in [-0.2, 0) is 4.79 Å². The van der Waals surface area contributed by atoms with E-state index in [1.54, 1.807) is 57.2 Å². The maximum Gasteiger partial charge on any atom is 0.285 e. The molecule has 1 atom stereocenters. The summed E-state index contributed by atoms with van der Waals surface area (Å²) >= 11 is 0. The highest BCUT2D eigenvalue weighted by atomic mass is 16.6. The molecule has 7 heteroatoms. The number of para-hydroxylation sites is 1. The monoisotopic (exact) mass is 355 g/mol. The molecule has 26 heavy (non-hydrogen) atoms. The molecule has 0 heterocycles. The van der Waals surface area contributed by atoms with Crippen molar-refractivity contribution in [3.05, 3.63) is 69.3 Å². The molecular formula is C19H21N3O4. The van der Waals surface area contributed by atoms with Crippen molar-refractivity contribution in [1.29, 1.82) is 0 Å². The molecule has 2 amide bonds. The molecule has 2 aromatic carbocycles. The molecule has 0 aliphatic heterocycles. The van der Waals surface area contributed by atoms with Crippen LogP contribution in [0.4, 0.5) is 11.4 Å². The topological polar surface area (TPSA) is 101 Å². The van der Waals surface area contributed by atoms with Gasteiger partial charge in [0.2, 0.25) is 5.91 Å². The van der Waals surface area contributed by atoms with Gasteiger partial charge in [0.15, 0.2) is 0 Å². The van der Waals surface area contributed by atoms with E-state index in [1.165, 1.54) is 6.07 Å². The third-order valence-electron chi connectivity index (χ3n) is 4.03. The van der Waals surface area contributed by atoms with Crippen molar-refractivity contribution in [2.45, 2.75) is 33.2 Å². The van der Waals surface area contributed by atoms with Gasteiger partial charge in [-0.3, -0.25) is 19.7 Å². The molecule has 0 radical (unpaired) electrons. The highest BCUT2D eigenvalue weighted by Crippen LogP contribution is 2.24. The van der Waals surface area contributed by atoms with Crippen molar-refractivity contribution in [2.75, 3.05) is 5.32 Å². The molecule has 0 saturated heterocycles. The summed E-state index contributed by atoms with van der Waals surface area (Å²) in [5.41, 5.74) is 1.78. The Labute approximate surface area is 151 Å². The largest absolute Gasteiger partial charge is 0.345 e. The van der Waals surface area contributed by atoms with Gasteiger partial charge in [-0.2, -0.15) is 0 Å². The molecule has 0 aliphatic rings. The van der Waals surface area contributed by atoms with E-state index in [0.29, 0.717) is 17.7 Å². The number of nitrogens with zero attached hydrogens (tertiary/aromatic N) is 1. The molecule has 0 saturated carbocycles. The first kappa shape index (κ1) is 19.1. The molecule has 0 fully saturated rings. The van der Waals surface area contributed by atoms with Gasteiger partial charge >= 0.3 is 0 Å². The number of carbonyl (C=O) groups excluding carboxylic acids is 2. The van der Waals surface area contributed by atoms with Gasteiger partial charge in [-0.25, -0.2) is 0 Å². The lowest BCUT2D eigenvalue weighted by Gasteiger charge is -2.15. The normalized spacial score (nSPS) is 11.5. The average Bonchev–Trinajstić information content (AvgIpc) is 2.61. The smallest absolute Gasteiger partial charge is 0.285 e. The zero-order valence-electron chi connectivity index (χ0n) is 14.9. The fourth-order valence-corrected chi connectivity index (χ4v) is 2.55. The Balaban J connectivity index is 2.14. The van der Waals surface area contributed by atoms with Crippen LogP contribution in [-0.4, -0.2) is 16.7 Å². The lowest BCUT2D eigenvalue weighted by Crippen LogP contribution is -2.27. The van der Waals surface area contributed by atoms with Crippen LogP contribution < -0.4 is 10.6 Å². The molecule has 136 valence electrons. The third kappa shape index (κ3) is 4.44. The van der Waals surface area contributed by atoms with Crippen LogP contribution in [0.25, 0.3) is 0 Å². The second kappa shape index (κ2) is 8.24. The number of benzene rings is 2. The molecule has 2 aromatic rings. The molecule has 0 aromatic heterocycles. The Morgan fingerprint density at radius 1 is 1.15 bits per heavy atom. The van der Waals surface area contributed by atoms with Crippen molar-refractivity contribution < 1.29 is 14.5 Å². The van der Waals surface area contributed by atoms with Gasteiger partial charge in [-0.05, 0) is 37.6 Å². The summed E-state index contributed by atoms with van der Waals surface area (Å²) in [7, 11) is 0. The number of hydrogen-bond acceptors (Lipinski definition) is 4. The van der Waals surface area contributed by atoms with Crippen LogP contribution in [0.1, 0.15) is 47.8 Å². The quantitative estimate of drug-likeness (QED) is 0.609. The fraction of sp³-hybridized carbons (Fsp3) is 0.263. The van der Waals surface area contributed by atoms with E-state index in [9.17, 15) is 19.7 Å². The van der Waals surface area contributed by atoms with E-state index in [-0.39, 0.29) is 23.2 Å². The number of nitro benzene ring substituents is 1. The fourth-order valence-electron chi connectivity index (χ4n) is 2.55. The van der Waals surface area contributed by atoms with Gasteiger partial charge in [-0.1, -0.05) is 31.2 Å². The maximum absolute atomic E-state index is 12.5. The minimum atomic E-state index is -0.542. The van der Waals surface area contributed by atoms with Crippen molar-refractivity contribution in [3.8, 4) is 0 Å². The third-order valence-corrected chi connectivity index (χ3v) is 4.03. The summed E-state index contributed by atoms with van der Waals surface area (Å²) in [5.74, 6) is -0.581. The number of aryl methyl sites for hydroxylation is 1. The second-order valence-electron chi connectivity index (χ2n) is 5.95. The van der Waals surface area contributed by atoms with Crippen LogP contribution in [0.3, 0.4) is 0 Å². The number of anilines is 1. The minimum absolute atomic E-state index is 0.0358. The van der Waals surface area contributed by atoms with Crippen molar-refractivity contribution >= 4 is 23.2 Å². The standard InChI is InChI=1S/C19H21N3O4/c1-4-17(23)21-15-10-8-14(9-11-15)13(3)20-19(24)16-7-5-6-12(2)18(16)22(25)26/h5-11,13H,4H2,1-3H3,(H,20,24)(H,21,23). The van der Waals surface area contributed by atoms with Crippen molar-refractivity contribution in [2.24, 2.45) is 0 Å². The Bertz CT molecular complexity index is 831. The summed E-state index contributed by atoms with van der Waals surface area (Å²) in [4.78, 5) is 34.6. The number of rotatable bonds is 6. The van der Waals surface area contributed by atoms with Gasteiger partial charge < -0.3 is 10.6 Å². The zero-order valence-corrected chi connectivity index (χ0v) is 14.9. The molecule has 2 N–H and O–H groups in total. The Hall–Kier alpha value is -3.22. The van der Waals surface area contributed by atoms with Crippen LogP contribution in [0.2, 0.25) is 0 Å². The van der Waals surface area contributed by atoms with Crippen molar-refractivity contribution in [3.63, 3.8) is 0 Å². The summed E-state index contributed by atoms with van der Waals surface area (Å²) in [6.45, 7) is 5.16. The number of carbonyl (C=O) groups is 2. The second-order valence-corrected chi connectivity index (χ2v) is 5.95. The predicted octanol–water partition coefficient (Wildman–Crippen LogP) is 3.74. The molecule has 2 rings (SSSR count). The molecule has 0 aliphatic carbocycles. The number of nitrogens with one attached hydrogen (secondary N) is 2. The van der Waals surface area contributed by atoms with E-state index in [2.05, 4.69) is 10.6 Å². The highest BCUT2D eigenvalue weighted by molar-refractivity contribution is 5.98. The Morgan fingerprint density at radius 2 is 1.81 bits per heavy atom. The predicted molar refractivity (Wildman–Crippen MR) is 99.1 cm³/mol. The summed E-state index contributed by atoms with van der Waals surface area (Å²) in [6, 6.07) is 11.4. The van der Waals surface area contributed by atoms with Gasteiger partial charge in [-0.15, -0.1) is 0 Å². The van der Waals surface area contributed by atoms with Crippen LogP contribution in [0.15, 0.2) is 42.5 Å². The van der Waals surface area contributed by atoms with Crippen LogP contribution >= 0.6 is 0 Å². The number of amides is 2. The lowest BCUT2D eigenvalue weighted by atomic mass is 10.0. The first-order chi connectivity index (χ1) is 12.3. The molecule has 0 bridgehead atoms. The Morgan fingerprint density at radius 3 is 2.38 bits per heavy atom. The average molecular weight is 355 g/mol. The minimum Gasteiger partial charge on any atom is -0.345 e. The first-order valence-electron chi connectivity index (χ1n) is 8.28. The summed E-state index contributed by atoms with van der Waals surface area (Å²) < 4.78 is 0. The van der Waals surface area contributed by atoms with E-state index in [4.69, 9.17) is 0 Å². The van der Waals surface area contributed by atoms with E-state index >= 15 is 0 Å². The van der Waals surface area contributed by atoms with Crippen LogP contribution in [0, 0.1) is 17.0 Å². The van der Waals surface area contributed by atoms with E-state index in [0.717, 1.165) is 5.56 Å². The van der Waals surface area contributed by atoms with E-state index < -0.39 is 10.8 Å².